The molecule has 1 fully saturated rings. The van der Waals surface area contributed by atoms with Crippen LogP contribution in [0.3, 0.4) is 0 Å². The SMILES string of the molecule is CC(C)(C)[C@H]1CC=C2C(C#N)C(=N)C(C#N)(C#N)[C@H](c3ccc(F)c(F)c3)[C@H]2C1. The highest BCUT2D eigenvalue weighted by molar-refractivity contribution is 6.00. The minimum Gasteiger partial charge on any atom is -0.305 e. The first-order valence-electron chi connectivity index (χ1n) is 9.56. The number of allylic oxidation sites excluding steroid dienone is 2. The molecule has 1 aromatic rings. The zero-order chi connectivity index (χ0) is 21.6. The zero-order valence-electron chi connectivity index (χ0n) is 16.6. The van der Waals surface area contributed by atoms with Crippen LogP contribution in [0.15, 0.2) is 29.8 Å². The Bertz CT molecular complexity index is 999. The van der Waals surface area contributed by atoms with Crippen LogP contribution < -0.4 is 0 Å². The lowest BCUT2D eigenvalue weighted by molar-refractivity contribution is 0.168. The maximum Gasteiger partial charge on any atom is 0.189 e. The maximum atomic E-state index is 14.1. The van der Waals surface area contributed by atoms with Crippen LogP contribution in [0.5, 0.6) is 0 Å². The Morgan fingerprint density at radius 1 is 1.10 bits per heavy atom. The quantitative estimate of drug-likeness (QED) is 0.661. The van der Waals surface area contributed by atoms with Gasteiger partial charge in [0.2, 0.25) is 0 Å². The van der Waals surface area contributed by atoms with Gasteiger partial charge < -0.3 is 5.41 Å². The smallest absolute Gasteiger partial charge is 0.189 e. The number of rotatable bonds is 1. The molecule has 1 unspecified atom stereocenters. The molecule has 4 atom stereocenters. The fraction of sp³-hybridized carbons (Fsp3) is 0.478. The molecule has 6 heteroatoms. The van der Waals surface area contributed by atoms with Crippen LogP contribution in [0.4, 0.5) is 8.78 Å². The standard InChI is InChI=1S/C23H22F2N4/c1-22(2,3)14-5-6-15-16(9-14)20(13-4-7-18(24)19(25)8-13)23(11-27,12-28)21(29)17(15)10-26/h4,6-8,14,16-17,20,29H,5,9H2,1-3H3/t14-,16-,17?,20+/m0/s1. The summed E-state index contributed by atoms with van der Waals surface area (Å²) < 4.78 is 27.6. The van der Waals surface area contributed by atoms with E-state index < -0.39 is 28.9 Å². The van der Waals surface area contributed by atoms with Crippen molar-refractivity contribution in [2.24, 2.45) is 28.6 Å². The van der Waals surface area contributed by atoms with Gasteiger partial charge in [0.1, 0.15) is 5.92 Å². The number of fused-ring (bicyclic) bond motifs is 1. The molecule has 0 heterocycles. The maximum absolute atomic E-state index is 14.1. The van der Waals surface area contributed by atoms with E-state index in [4.69, 9.17) is 5.41 Å². The third-order valence-corrected chi connectivity index (χ3v) is 6.53. The van der Waals surface area contributed by atoms with Crippen molar-refractivity contribution >= 4 is 5.71 Å². The second kappa shape index (κ2) is 7.09. The predicted molar refractivity (Wildman–Crippen MR) is 103 cm³/mol. The van der Waals surface area contributed by atoms with Crippen LogP contribution in [0, 0.1) is 79.6 Å². The fourth-order valence-corrected chi connectivity index (χ4v) is 4.81. The third-order valence-electron chi connectivity index (χ3n) is 6.53. The van der Waals surface area contributed by atoms with Crippen molar-refractivity contribution in [3.05, 3.63) is 47.0 Å². The number of nitrogens with one attached hydrogen (secondary N) is 1. The molecule has 1 N–H and O–H groups in total. The van der Waals surface area contributed by atoms with E-state index in [1.165, 1.54) is 6.07 Å². The summed E-state index contributed by atoms with van der Waals surface area (Å²) in [5, 5.41) is 38.2. The summed E-state index contributed by atoms with van der Waals surface area (Å²) in [6, 6.07) is 9.41. The molecule has 148 valence electrons. The Balaban J connectivity index is 2.27. The van der Waals surface area contributed by atoms with Crippen LogP contribution in [-0.4, -0.2) is 5.71 Å². The van der Waals surface area contributed by atoms with Crippen molar-refractivity contribution in [3.8, 4) is 18.2 Å². The Morgan fingerprint density at radius 3 is 2.28 bits per heavy atom. The molecular formula is C23H22F2N4. The van der Waals surface area contributed by atoms with E-state index in [0.717, 1.165) is 18.6 Å². The molecule has 29 heavy (non-hydrogen) atoms. The van der Waals surface area contributed by atoms with Crippen molar-refractivity contribution in [1.29, 1.82) is 21.2 Å². The lowest BCUT2D eigenvalue weighted by Gasteiger charge is -2.49. The molecule has 0 saturated heterocycles. The molecule has 0 aliphatic heterocycles. The first-order chi connectivity index (χ1) is 13.6. The molecule has 0 aromatic heterocycles. The van der Waals surface area contributed by atoms with E-state index in [1.54, 1.807) is 0 Å². The van der Waals surface area contributed by atoms with Gasteiger partial charge in [-0.2, -0.15) is 15.8 Å². The zero-order valence-corrected chi connectivity index (χ0v) is 16.6. The van der Waals surface area contributed by atoms with Crippen molar-refractivity contribution in [3.63, 3.8) is 0 Å². The van der Waals surface area contributed by atoms with Gasteiger partial charge in [-0.1, -0.05) is 32.9 Å². The Kier molecular flexibility index (Phi) is 5.06. The van der Waals surface area contributed by atoms with Crippen LogP contribution in [0.2, 0.25) is 0 Å². The van der Waals surface area contributed by atoms with Gasteiger partial charge >= 0.3 is 0 Å². The molecule has 0 radical (unpaired) electrons. The average molecular weight is 392 g/mol. The number of hydrogen-bond acceptors (Lipinski definition) is 4. The summed E-state index contributed by atoms with van der Waals surface area (Å²) in [5.74, 6) is -4.03. The summed E-state index contributed by atoms with van der Waals surface area (Å²) in [6.45, 7) is 6.33. The van der Waals surface area contributed by atoms with Gasteiger partial charge in [-0.15, -0.1) is 0 Å². The van der Waals surface area contributed by atoms with Crippen LogP contribution in [-0.2, 0) is 0 Å². The second-order valence-electron chi connectivity index (χ2n) is 9.00. The second-order valence-corrected chi connectivity index (χ2v) is 9.00. The van der Waals surface area contributed by atoms with Gasteiger partial charge in [0.05, 0.1) is 23.9 Å². The monoisotopic (exact) mass is 392 g/mol. The highest BCUT2D eigenvalue weighted by atomic mass is 19.2. The summed E-state index contributed by atoms with van der Waals surface area (Å²) in [6.07, 6.45) is 3.30. The Hall–Kier alpha value is -3.04. The highest BCUT2D eigenvalue weighted by Gasteiger charge is 2.58. The molecule has 0 bridgehead atoms. The van der Waals surface area contributed by atoms with Crippen molar-refractivity contribution in [2.45, 2.75) is 39.5 Å². The van der Waals surface area contributed by atoms with E-state index in [9.17, 15) is 24.6 Å². The first kappa shape index (κ1) is 20.7. The number of benzene rings is 1. The minimum absolute atomic E-state index is 0.0460. The van der Waals surface area contributed by atoms with Gasteiger partial charge in [-0.25, -0.2) is 8.78 Å². The Morgan fingerprint density at radius 2 is 1.76 bits per heavy atom. The molecule has 2 aliphatic carbocycles. The molecule has 1 aromatic carbocycles. The van der Waals surface area contributed by atoms with E-state index in [0.29, 0.717) is 17.6 Å². The number of halogens is 2. The molecule has 4 nitrogen and oxygen atoms in total. The molecule has 2 aliphatic rings. The largest absolute Gasteiger partial charge is 0.305 e. The summed E-state index contributed by atoms with van der Waals surface area (Å²) in [4.78, 5) is 0. The van der Waals surface area contributed by atoms with Gasteiger partial charge in [0.25, 0.3) is 0 Å². The van der Waals surface area contributed by atoms with Crippen LogP contribution >= 0.6 is 0 Å². The van der Waals surface area contributed by atoms with Crippen molar-refractivity contribution < 1.29 is 8.78 Å². The van der Waals surface area contributed by atoms with Gasteiger partial charge in [0, 0.05) is 5.92 Å². The normalized spacial score (nSPS) is 28.3. The number of nitriles is 3. The van der Waals surface area contributed by atoms with E-state index >= 15 is 0 Å². The number of hydrogen-bond donors (Lipinski definition) is 1. The topological polar surface area (TPSA) is 95.2 Å². The summed E-state index contributed by atoms with van der Waals surface area (Å²) in [7, 11) is 0. The highest BCUT2D eigenvalue weighted by Crippen LogP contribution is 2.57. The summed E-state index contributed by atoms with van der Waals surface area (Å²) >= 11 is 0. The Labute approximate surface area is 169 Å². The van der Waals surface area contributed by atoms with E-state index in [-0.39, 0.29) is 23.0 Å². The third kappa shape index (κ3) is 3.12. The van der Waals surface area contributed by atoms with E-state index in [1.807, 2.05) is 18.2 Å². The minimum atomic E-state index is -1.91. The first-order valence-corrected chi connectivity index (χ1v) is 9.56. The summed E-state index contributed by atoms with van der Waals surface area (Å²) in [5.41, 5.74) is -1.22. The molecule has 1 saturated carbocycles. The van der Waals surface area contributed by atoms with Gasteiger partial charge in [-0.3, -0.25) is 0 Å². The molecule has 3 rings (SSSR count). The predicted octanol–water partition coefficient (Wildman–Crippen LogP) is 5.25. The molecule has 0 spiro atoms. The number of nitrogens with zero attached hydrogens (tertiary/aromatic N) is 3. The van der Waals surface area contributed by atoms with Crippen molar-refractivity contribution in [1.82, 2.24) is 0 Å². The average Bonchev–Trinajstić information content (AvgIpc) is 2.68. The van der Waals surface area contributed by atoms with E-state index in [2.05, 4.69) is 26.8 Å². The lowest BCUT2D eigenvalue weighted by atomic mass is 9.51. The lowest BCUT2D eigenvalue weighted by Crippen LogP contribution is -2.50. The van der Waals surface area contributed by atoms with Gasteiger partial charge in [-0.05, 0) is 53.4 Å². The molecular weight excluding hydrogens is 370 g/mol. The van der Waals surface area contributed by atoms with Crippen molar-refractivity contribution in [2.75, 3.05) is 0 Å². The van der Waals surface area contributed by atoms with Crippen LogP contribution in [0.25, 0.3) is 0 Å². The van der Waals surface area contributed by atoms with Gasteiger partial charge in [0.15, 0.2) is 17.0 Å². The fourth-order valence-electron chi connectivity index (χ4n) is 4.81. The molecule has 0 amide bonds. The van der Waals surface area contributed by atoms with Crippen LogP contribution in [0.1, 0.15) is 45.1 Å².